The highest BCUT2D eigenvalue weighted by Gasteiger charge is 2.55. The van der Waals surface area contributed by atoms with E-state index in [-0.39, 0.29) is 11.9 Å². The molecule has 3 N–H and O–H groups in total. The SMILES string of the molecule is O=C(NC1[C@H]2CC3C[C@H]1CC(O)(C3)C2)c1ccc(N2CCCC2C(=O)O)nc1SC1CCCCC1. The molecular weight excluding hydrogens is 462 g/mol. The van der Waals surface area contributed by atoms with Crippen molar-refractivity contribution in [3.8, 4) is 0 Å². The molecule has 3 atom stereocenters. The molecule has 0 aromatic carbocycles. The molecular formula is C27H37N3O4S. The Kier molecular flexibility index (Phi) is 6.24. The average Bonchev–Trinajstić information content (AvgIpc) is 3.31. The van der Waals surface area contributed by atoms with E-state index in [2.05, 4.69) is 5.32 Å². The molecule has 1 unspecified atom stereocenters. The first-order chi connectivity index (χ1) is 16.9. The summed E-state index contributed by atoms with van der Waals surface area (Å²) in [4.78, 5) is 32.2. The van der Waals surface area contributed by atoms with Gasteiger partial charge in [-0.2, -0.15) is 0 Å². The van der Waals surface area contributed by atoms with Crippen LogP contribution < -0.4 is 10.2 Å². The molecule has 7 nitrogen and oxygen atoms in total. The van der Waals surface area contributed by atoms with E-state index in [4.69, 9.17) is 4.98 Å². The number of aliphatic carboxylic acids is 1. The fraction of sp³-hybridized carbons (Fsp3) is 0.741. The van der Waals surface area contributed by atoms with Crippen molar-refractivity contribution in [3.63, 3.8) is 0 Å². The van der Waals surface area contributed by atoms with Crippen LogP contribution in [0.15, 0.2) is 17.2 Å². The van der Waals surface area contributed by atoms with Crippen molar-refractivity contribution in [2.45, 2.75) is 105 Å². The lowest BCUT2D eigenvalue weighted by Gasteiger charge is -2.58. The fourth-order valence-corrected chi connectivity index (χ4v) is 9.26. The first-order valence-corrected chi connectivity index (χ1v) is 14.5. The van der Waals surface area contributed by atoms with Crippen molar-refractivity contribution in [1.82, 2.24) is 10.3 Å². The third kappa shape index (κ3) is 4.57. The van der Waals surface area contributed by atoms with Gasteiger partial charge < -0.3 is 20.4 Å². The van der Waals surface area contributed by atoms with E-state index < -0.39 is 17.6 Å². The largest absolute Gasteiger partial charge is 0.480 e. The number of carboxylic acids is 1. The van der Waals surface area contributed by atoms with Crippen molar-refractivity contribution >= 4 is 29.5 Å². The van der Waals surface area contributed by atoms with Crippen molar-refractivity contribution in [2.24, 2.45) is 17.8 Å². The summed E-state index contributed by atoms with van der Waals surface area (Å²) < 4.78 is 0. The number of carboxylic acid groups (broad SMARTS) is 1. The standard InChI is InChI=1S/C27H37N3O4S/c31-24(29-23-17-11-16-12-18(23)15-27(34,13-16)14-17)20-8-9-22(30-10-4-7-21(30)26(32)33)28-25(20)35-19-5-2-1-3-6-19/h8-9,16-19,21,23,34H,1-7,10-15H2,(H,29,31)(H,32,33)/t16?,17-,18-,21?,23?,27?/m0/s1. The summed E-state index contributed by atoms with van der Waals surface area (Å²) in [6.45, 7) is 0.679. The second-order valence-corrected chi connectivity index (χ2v) is 13.1. The normalized spacial score (nSPS) is 36.5. The van der Waals surface area contributed by atoms with Crippen LogP contribution in [0.25, 0.3) is 0 Å². The number of hydrogen-bond donors (Lipinski definition) is 3. The minimum absolute atomic E-state index is 0.0666. The van der Waals surface area contributed by atoms with E-state index >= 15 is 0 Å². The topological polar surface area (TPSA) is 103 Å². The molecule has 2 heterocycles. The predicted octanol–water partition coefficient (Wildman–Crippen LogP) is 4.23. The summed E-state index contributed by atoms with van der Waals surface area (Å²) >= 11 is 1.71. The molecule has 7 rings (SSSR count). The van der Waals surface area contributed by atoms with Crippen LogP contribution in [0, 0.1) is 17.8 Å². The number of hydrogen-bond acceptors (Lipinski definition) is 6. The number of thioether (sulfide) groups is 1. The number of pyridine rings is 1. The van der Waals surface area contributed by atoms with Crippen LogP contribution in [0.5, 0.6) is 0 Å². The molecule has 1 aromatic heterocycles. The second-order valence-electron chi connectivity index (χ2n) is 11.8. The molecule has 1 saturated heterocycles. The molecule has 5 saturated carbocycles. The van der Waals surface area contributed by atoms with Gasteiger partial charge in [-0.15, -0.1) is 11.8 Å². The number of carbonyl (C=O) groups excluding carboxylic acids is 1. The van der Waals surface area contributed by atoms with Crippen LogP contribution in [-0.4, -0.2) is 56.6 Å². The molecule has 8 heteroatoms. The summed E-state index contributed by atoms with van der Waals surface area (Å²) in [7, 11) is 0. The summed E-state index contributed by atoms with van der Waals surface area (Å²) in [5.74, 6) is 1.11. The molecule has 35 heavy (non-hydrogen) atoms. The number of nitrogens with one attached hydrogen (secondary N) is 1. The molecule has 0 radical (unpaired) electrons. The van der Waals surface area contributed by atoms with Gasteiger partial charge in [-0.25, -0.2) is 9.78 Å². The van der Waals surface area contributed by atoms with Crippen LogP contribution in [0.4, 0.5) is 5.82 Å². The summed E-state index contributed by atoms with van der Waals surface area (Å²) in [5.41, 5.74) is 0.0993. The Morgan fingerprint density at radius 3 is 2.46 bits per heavy atom. The summed E-state index contributed by atoms with van der Waals surface area (Å²) in [5, 5.41) is 25.1. The zero-order valence-corrected chi connectivity index (χ0v) is 21.1. The Morgan fingerprint density at radius 1 is 1.03 bits per heavy atom. The molecule has 190 valence electrons. The van der Waals surface area contributed by atoms with Crippen LogP contribution in [-0.2, 0) is 4.79 Å². The summed E-state index contributed by atoms with van der Waals surface area (Å²) in [6.07, 6.45) is 12.2. The maximum Gasteiger partial charge on any atom is 0.326 e. The fourth-order valence-electron chi connectivity index (χ4n) is 7.94. The predicted molar refractivity (Wildman–Crippen MR) is 135 cm³/mol. The quantitative estimate of drug-likeness (QED) is 0.538. The first-order valence-electron chi connectivity index (χ1n) is 13.6. The van der Waals surface area contributed by atoms with Crippen LogP contribution in [0.2, 0.25) is 0 Å². The highest BCUT2D eigenvalue weighted by Crippen LogP contribution is 2.55. The van der Waals surface area contributed by atoms with Crippen molar-refractivity contribution in [3.05, 3.63) is 17.7 Å². The highest BCUT2D eigenvalue weighted by atomic mass is 32.2. The summed E-state index contributed by atoms with van der Waals surface area (Å²) in [6, 6.07) is 3.28. The number of rotatable bonds is 6. The molecule has 1 aliphatic heterocycles. The van der Waals surface area contributed by atoms with Crippen LogP contribution in [0.3, 0.4) is 0 Å². The van der Waals surface area contributed by atoms with Gasteiger partial charge in [0.15, 0.2) is 0 Å². The zero-order chi connectivity index (χ0) is 24.2. The molecule has 5 aliphatic carbocycles. The van der Waals surface area contributed by atoms with Gasteiger partial charge in [0.25, 0.3) is 5.91 Å². The third-order valence-electron chi connectivity index (χ3n) is 9.29. The van der Waals surface area contributed by atoms with E-state index in [0.717, 1.165) is 56.4 Å². The van der Waals surface area contributed by atoms with Gasteiger partial charge >= 0.3 is 5.97 Å². The number of anilines is 1. The third-order valence-corrected chi connectivity index (χ3v) is 10.6. The number of nitrogens with zero attached hydrogens (tertiary/aromatic N) is 2. The molecule has 4 bridgehead atoms. The minimum atomic E-state index is -0.809. The molecule has 1 amide bonds. The van der Waals surface area contributed by atoms with E-state index in [1.165, 1.54) is 19.3 Å². The van der Waals surface area contributed by atoms with Gasteiger partial charge in [-0.3, -0.25) is 4.79 Å². The monoisotopic (exact) mass is 499 g/mol. The Balaban J connectivity index is 1.25. The minimum Gasteiger partial charge on any atom is -0.480 e. The Labute approximate surface area is 211 Å². The van der Waals surface area contributed by atoms with E-state index in [0.29, 0.717) is 47.4 Å². The Hall–Kier alpha value is -1.80. The Bertz CT molecular complexity index is 981. The number of carbonyl (C=O) groups is 2. The maximum atomic E-state index is 13.6. The lowest BCUT2D eigenvalue weighted by Crippen LogP contribution is -2.61. The van der Waals surface area contributed by atoms with Gasteiger partial charge in [-0.1, -0.05) is 19.3 Å². The molecule has 1 aromatic rings. The van der Waals surface area contributed by atoms with E-state index in [1.54, 1.807) is 11.8 Å². The smallest absolute Gasteiger partial charge is 0.326 e. The lowest BCUT2D eigenvalue weighted by atomic mass is 9.52. The van der Waals surface area contributed by atoms with Gasteiger partial charge in [0.1, 0.15) is 16.9 Å². The van der Waals surface area contributed by atoms with Gasteiger partial charge in [0, 0.05) is 17.8 Å². The first kappa shape index (κ1) is 23.6. The second kappa shape index (κ2) is 9.25. The van der Waals surface area contributed by atoms with E-state index in [1.807, 2.05) is 17.0 Å². The van der Waals surface area contributed by atoms with E-state index in [9.17, 15) is 19.8 Å². The van der Waals surface area contributed by atoms with Crippen molar-refractivity contribution < 1.29 is 19.8 Å². The van der Waals surface area contributed by atoms with Crippen LogP contribution >= 0.6 is 11.8 Å². The van der Waals surface area contributed by atoms with Gasteiger partial charge in [0.2, 0.25) is 0 Å². The highest BCUT2D eigenvalue weighted by molar-refractivity contribution is 7.99. The number of amides is 1. The van der Waals surface area contributed by atoms with Gasteiger partial charge in [-0.05, 0) is 87.7 Å². The van der Waals surface area contributed by atoms with Crippen LogP contribution in [0.1, 0.15) is 87.4 Å². The molecule has 0 spiro atoms. The molecule has 6 aliphatic rings. The Morgan fingerprint density at radius 2 is 1.77 bits per heavy atom. The molecule has 6 fully saturated rings. The van der Waals surface area contributed by atoms with Crippen molar-refractivity contribution in [1.29, 1.82) is 0 Å². The lowest BCUT2D eigenvalue weighted by molar-refractivity contribution is -0.138. The number of aromatic nitrogens is 1. The van der Waals surface area contributed by atoms with Crippen molar-refractivity contribution in [2.75, 3.05) is 11.4 Å². The van der Waals surface area contributed by atoms with Gasteiger partial charge in [0.05, 0.1) is 11.2 Å². The average molecular weight is 500 g/mol. The zero-order valence-electron chi connectivity index (χ0n) is 20.3. The number of aliphatic hydroxyl groups is 1. The maximum absolute atomic E-state index is 13.6.